The van der Waals surface area contributed by atoms with E-state index in [1.54, 1.807) is 12.1 Å². The Morgan fingerprint density at radius 1 is 1.16 bits per heavy atom. The Balaban J connectivity index is 2.19. The van der Waals surface area contributed by atoms with E-state index in [9.17, 15) is 4.39 Å². The van der Waals surface area contributed by atoms with Gasteiger partial charge in [-0.15, -0.1) is 0 Å². The molecule has 0 aliphatic carbocycles. The van der Waals surface area contributed by atoms with Crippen molar-refractivity contribution in [2.75, 3.05) is 6.54 Å². The second-order valence-electron chi connectivity index (χ2n) is 4.47. The van der Waals surface area contributed by atoms with E-state index in [-0.39, 0.29) is 16.9 Å². The molecule has 0 aromatic heterocycles. The molecule has 0 heterocycles. The largest absolute Gasteiger partial charge is 0.310 e. The summed E-state index contributed by atoms with van der Waals surface area (Å²) in [5, 5.41) is 3.63. The van der Waals surface area contributed by atoms with E-state index in [1.165, 1.54) is 11.6 Å². The van der Waals surface area contributed by atoms with Gasteiger partial charge in [0.05, 0.1) is 5.02 Å². The molecule has 2 aromatic rings. The topological polar surface area (TPSA) is 12.0 Å². The predicted octanol–water partition coefficient (Wildman–Crippen LogP) is 4.37. The Hall–Kier alpha value is -1.38. The summed E-state index contributed by atoms with van der Waals surface area (Å²) >= 11 is 5.82. The number of hydrogen-bond acceptors (Lipinski definition) is 1. The third kappa shape index (κ3) is 3.79. The molecule has 1 unspecified atom stereocenters. The van der Waals surface area contributed by atoms with Crippen LogP contribution in [0.15, 0.2) is 48.5 Å². The normalized spacial score (nSPS) is 12.4. The molecular formula is C16H17ClFN. The first-order chi connectivity index (χ1) is 9.20. The molecule has 0 spiro atoms. The molecule has 0 amide bonds. The van der Waals surface area contributed by atoms with Crippen molar-refractivity contribution in [2.24, 2.45) is 0 Å². The number of nitrogens with one attached hydrogen (secondary N) is 1. The smallest absolute Gasteiger partial charge is 0.141 e. The summed E-state index contributed by atoms with van der Waals surface area (Å²) in [5.74, 6) is -0.370. The van der Waals surface area contributed by atoms with Crippen molar-refractivity contribution >= 4 is 11.6 Å². The molecular weight excluding hydrogens is 261 g/mol. The van der Waals surface area contributed by atoms with Crippen LogP contribution in [0.3, 0.4) is 0 Å². The first-order valence-electron chi connectivity index (χ1n) is 6.43. The molecule has 100 valence electrons. The van der Waals surface area contributed by atoms with E-state index in [0.717, 1.165) is 18.5 Å². The minimum absolute atomic E-state index is 0.181. The van der Waals surface area contributed by atoms with Crippen LogP contribution in [-0.2, 0) is 6.42 Å². The number of hydrogen-bond donors (Lipinski definition) is 1. The monoisotopic (exact) mass is 277 g/mol. The van der Waals surface area contributed by atoms with Gasteiger partial charge in [-0.1, -0.05) is 54.9 Å². The highest BCUT2D eigenvalue weighted by molar-refractivity contribution is 6.30. The fourth-order valence-electron chi connectivity index (χ4n) is 2.14. The van der Waals surface area contributed by atoms with Crippen LogP contribution in [-0.4, -0.2) is 6.54 Å². The second kappa shape index (κ2) is 6.69. The summed E-state index contributed by atoms with van der Waals surface area (Å²) in [6, 6.07) is 15.4. The molecule has 0 bridgehead atoms. The summed E-state index contributed by atoms with van der Waals surface area (Å²) in [4.78, 5) is 0. The Bertz CT molecular complexity index is 528. The quantitative estimate of drug-likeness (QED) is 0.856. The van der Waals surface area contributed by atoms with Crippen LogP contribution in [0.2, 0.25) is 5.02 Å². The SMILES string of the molecule is CCNC(Cc1ccc(F)c(Cl)c1)c1ccccc1. The molecule has 3 heteroatoms. The van der Waals surface area contributed by atoms with E-state index in [2.05, 4.69) is 24.4 Å². The molecule has 2 aromatic carbocycles. The second-order valence-corrected chi connectivity index (χ2v) is 4.88. The van der Waals surface area contributed by atoms with Crippen molar-refractivity contribution in [3.05, 3.63) is 70.5 Å². The fourth-order valence-corrected chi connectivity index (χ4v) is 2.35. The Labute approximate surface area is 118 Å². The van der Waals surface area contributed by atoms with E-state index >= 15 is 0 Å². The third-order valence-electron chi connectivity index (χ3n) is 3.08. The van der Waals surface area contributed by atoms with E-state index < -0.39 is 0 Å². The van der Waals surface area contributed by atoms with Crippen molar-refractivity contribution in [2.45, 2.75) is 19.4 Å². The molecule has 0 aliphatic heterocycles. The van der Waals surface area contributed by atoms with Crippen LogP contribution < -0.4 is 5.32 Å². The van der Waals surface area contributed by atoms with Crippen LogP contribution in [0, 0.1) is 5.82 Å². The predicted molar refractivity (Wildman–Crippen MR) is 78.0 cm³/mol. The average molecular weight is 278 g/mol. The summed E-state index contributed by atoms with van der Waals surface area (Å²) < 4.78 is 13.2. The summed E-state index contributed by atoms with van der Waals surface area (Å²) in [5.41, 5.74) is 2.26. The Morgan fingerprint density at radius 3 is 2.53 bits per heavy atom. The molecule has 0 saturated carbocycles. The molecule has 1 nitrogen and oxygen atoms in total. The van der Waals surface area contributed by atoms with Gasteiger partial charge in [0.25, 0.3) is 0 Å². The molecule has 0 aliphatic rings. The molecule has 1 N–H and O–H groups in total. The lowest BCUT2D eigenvalue weighted by atomic mass is 9.99. The molecule has 2 rings (SSSR count). The zero-order chi connectivity index (χ0) is 13.7. The minimum atomic E-state index is -0.370. The van der Waals surface area contributed by atoms with Crippen molar-refractivity contribution in [1.29, 1.82) is 0 Å². The zero-order valence-electron chi connectivity index (χ0n) is 10.9. The maximum Gasteiger partial charge on any atom is 0.141 e. The standard InChI is InChI=1S/C16H17ClFN/c1-2-19-16(13-6-4-3-5-7-13)11-12-8-9-15(18)14(17)10-12/h3-10,16,19H,2,11H2,1H3. The van der Waals surface area contributed by atoms with Gasteiger partial charge in [0.2, 0.25) is 0 Å². The summed E-state index contributed by atoms with van der Waals surface area (Å²) in [6.45, 7) is 2.96. The number of halogens is 2. The van der Waals surface area contributed by atoms with E-state index in [0.29, 0.717) is 0 Å². The van der Waals surface area contributed by atoms with Gasteiger partial charge in [0.15, 0.2) is 0 Å². The van der Waals surface area contributed by atoms with Crippen molar-refractivity contribution in [3.8, 4) is 0 Å². The number of rotatable bonds is 5. The Kier molecular flexibility index (Phi) is 4.94. The van der Waals surface area contributed by atoms with Crippen LogP contribution >= 0.6 is 11.6 Å². The number of benzene rings is 2. The first-order valence-corrected chi connectivity index (χ1v) is 6.80. The third-order valence-corrected chi connectivity index (χ3v) is 3.37. The van der Waals surface area contributed by atoms with Gasteiger partial charge < -0.3 is 5.32 Å². The molecule has 0 fully saturated rings. The average Bonchev–Trinajstić information content (AvgIpc) is 2.43. The van der Waals surface area contributed by atoms with Crippen LogP contribution in [0.25, 0.3) is 0 Å². The van der Waals surface area contributed by atoms with Crippen molar-refractivity contribution in [3.63, 3.8) is 0 Å². The fraction of sp³-hybridized carbons (Fsp3) is 0.250. The summed E-state index contributed by atoms with van der Waals surface area (Å²) in [7, 11) is 0. The van der Waals surface area contributed by atoms with Crippen molar-refractivity contribution < 1.29 is 4.39 Å². The first kappa shape index (κ1) is 14.0. The maximum absolute atomic E-state index is 13.2. The molecule has 0 radical (unpaired) electrons. The highest BCUT2D eigenvalue weighted by Gasteiger charge is 2.11. The van der Waals surface area contributed by atoms with Gasteiger partial charge in [-0.3, -0.25) is 0 Å². The molecule has 1 atom stereocenters. The van der Waals surface area contributed by atoms with E-state index in [4.69, 9.17) is 11.6 Å². The molecule has 0 saturated heterocycles. The highest BCUT2D eigenvalue weighted by atomic mass is 35.5. The highest BCUT2D eigenvalue weighted by Crippen LogP contribution is 2.22. The van der Waals surface area contributed by atoms with Gasteiger partial charge in [-0.25, -0.2) is 4.39 Å². The van der Waals surface area contributed by atoms with Gasteiger partial charge >= 0.3 is 0 Å². The zero-order valence-corrected chi connectivity index (χ0v) is 11.6. The van der Waals surface area contributed by atoms with Gasteiger partial charge in [0.1, 0.15) is 5.82 Å². The minimum Gasteiger partial charge on any atom is -0.310 e. The van der Waals surface area contributed by atoms with Gasteiger partial charge in [-0.05, 0) is 36.2 Å². The van der Waals surface area contributed by atoms with Crippen LogP contribution in [0.1, 0.15) is 24.1 Å². The number of likely N-dealkylation sites (N-methyl/N-ethyl adjacent to an activating group) is 1. The van der Waals surface area contributed by atoms with Crippen LogP contribution in [0.5, 0.6) is 0 Å². The molecule has 19 heavy (non-hydrogen) atoms. The lowest BCUT2D eigenvalue weighted by Gasteiger charge is -2.18. The van der Waals surface area contributed by atoms with Gasteiger partial charge in [-0.2, -0.15) is 0 Å². The van der Waals surface area contributed by atoms with Crippen molar-refractivity contribution in [1.82, 2.24) is 5.32 Å². The lowest BCUT2D eigenvalue weighted by molar-refractivity contribution is 0.549. The maximum atomic E-state index is 13.2. The summed E-state index contributed by atoms with van der Waals surface area (Å²) in [6.07, 6.45) is 0.790. The van der Waals surface area contributed by atoms with Gasteiger partial charge in [0, 0.05) is 6.04 Å². The Morgan fingerprint density at radius 2 is 1.89 bits per heavy atom. The van der Waals surface area contributed by atoms with Crippen LogP contribution in [0.4, 0.5) is 4.39 Å². The lowest BCUT2D eigenvalue weighted by Crippen LogP contribution is -2.22. The van der Waals surface area contributed by atoms with E-state index in [1.807, 2.05) is 18.2 Å².